The lowest BCUT2D eigenvalue weighted by atomic mass is 10.1. The SMILES string of the molecule is COc1cccc(CNc2ccc(S(N)(=O)=O)cc2)c1OCc1ccc(Cl)c(Cl)c1. The fourth-order valence-electron chi connectivity index (χ4n) is 2.77. The predicted molar refractivity (Wildman–Crippen MR) is 119 cm³/mol. The number of methoxy groups -OCH3 is 1. The zero-order valence-corrected chi connectivity index (χ0v) is 18.4. The highest BCUT2D eigenvalue weighted by atomic mass is 35.5. The Hall–Kier alpha value is -2.45. The van der Waals surface area contributed by atoms with Gasteiger partial charge in [0.15, 0.2) is 11.5 Å². The van der Waals surface area contributed by atoms with E-state index in [0.29, 0.717) is 28.1 Å². The topological polar surface area (TPSA) is 90.6 Å². The molecule has 0 unspecified atom stereocenters. The maximum Gasteiger partial charge on any atom is 0.238 e. The molecule has 0 saturated carbocycles. The van der Waals surface area contributed by atoms with Gasteiger partial charge in [-0.25, -0.2) is 13.6 Å². The molecule has 0 fully saturated rings. The molecule has 0 bridgehead atoms. The highest BCUT2D eigenvalue weighted by Crippen LogP contribution is 2.33. The summed E-state index contributed by atoms with van der Waals surface area (Å²) < 4.78 is 34.2. The monoisotopic (exact) mass is 466 g/mol. The van der Waals surface area contributed by atoms with E-state index >= 15 is 0 Å². The minimum atomic E-state index is -3.72. The van der Waals surface area contributed by atoms with Crippen molar-refractivity contribution in [2.24, 2.45) is 5.14 Å². The van der Waals surface area contributed by atoms with Crippen molar-refractivity contribution in [1.82, 2.24) is 0 Å². The van der Waals surface area contributed by atoms with Gasteiger partial charge >= 0.3 is 0 Å². The third-order valence-electron chi connectivity index (χ3n) is 4.31. The Bertz CT molecular complexity index is 1140. The number of hydrogen-bond donors (Lipinski definition) is 2. The molecule has 0 amide bonds. The van der Waals surface area contributed by atoms with Gasteiger partial charge in [0, 0.05) is 17.8 Å². The van der Waals surface area contributed by atoms with Gasteiger partial charge in [-0.2, -0.15) is 0 Å². The highest BCUT2D eigenvalue weighted by Gasteiger charge is 2.12. The van der Waals surface area contributed by atoms with Crippen LogP contribution in [0.25, 0.3) is 0 Å². The molecule has 0 aliphatic rings. The Morgan fingerprint density at radius 2 is 1.73 bits per heavy atom. The first-order chi connectivity index (χ1) is 14.3. The minimum absolute atomic E-state index is 0.0556. The molecule has 0 atom stereocenters. The van der Waals surface area contributed by atoms with E-state index in [4.69, 9.17) is 37.8 Å². The lowest BCUT2D eigenvalue weighted by Gasteiger charge is -2.16. The lowest BCUT2D eigenvalue weighted by molar-refractivity contribution is 0.281. The first-order valence-corrected chi connectivity index (χ1v) is 11.2. The molecular formula is C21H20Cl2N2O4S. The van der Waals surface area contributed by atoms with Crippen LogP contribution in [0.5, 0.6) is 11.5 Å². The van der Waals surface area contributed by atoms with Crippen molar-refractivity contribution in [3.8, 4) is 11.5 Å². The lowest BCUT2D eigenvalue weighted by Crippen LogP contribution is -2.12. The molecule has 9 heteroatoms. The Morgan fingerprint density at radius 1 is 1.00 bits per heavy atom. The maximum atomic E-state index is 11.4. The van der Waals surface area contributed by atoms with E-state index in [1.165, 1.54) is 12.1 Å². The van der Waals surface area contributed by atoms with Gasteiger partial charge < -0.3 is 14.8 Å². The zero-order valence-electron chi connectivity index (χ0n) is 16.1. The summed E-state index contributed by atoms with van der Waals surface area (Å²) in [6.45, 7) is 0.718. The zero-order chi connectivity index (χ0) is 21.7. The molecule has 0 saturated heterocycles. The molecular weight excluding hydrogens is 447 g/mol. The highest BCUT2D eigenvalue weighted by molar-refractivity contribution is 7.89. The number of rotatable bonds is 8. The molecule has 0 aromatic heterocycles. The second kappa shape index (κ2) is 9.57. The van der Waals surface area contributed by atoms with Crippen LogP contribution in [0.3, 0.4) is 0 Å². The molecule has 3 aromatic rings. The quantitative estimate of drug-likeness (QED) is 0.495. The van der Waals surface area contributed by atoms with Crippen LogP contribution >= 0.6 is 23.2 Å². The smallest absolute Gasteiger partial charge is 0.238 e. The number of nitrogens with one attached hydrogen (secondary N) is 1. The van der Waals surface area contributed by atoms with E-state index in [-0.39, 0.29) is 11.5 Å². The number of hydrogen-bond acceptors (Lipinski definition) is 5. The van der Waals surface area contributed by atoms with Gasteiger partial charge in [-0.15, -0.1) is 0 Å². The molecule has 6 nitrogen and oxygen atoms in total. The Kier molecular flexibility index (Phi) is 7.10. The normalized spacial score (nSPS) is 11.2. The standard InChI is InChI=1S/C21H20Cl2N2O4S/c1-28-20-4-2-3-15(12-25-16-6-8-17(9-7-16)30(24,26)27)21(20)29-13-14-5-10-18(22)19(23)11-14/h2-11,25H,12-13H2,1H3,(H2,24,26,27). The van der Waals surface area contributed by atoms with Crippen LogP contribution in [0.15, 0.2) is 65.6 Å². The minimum Gasteiger partial charge on any atom is -0.493 e. The number of benzene rings is 3. The summed E-state index contributed by atoms with van der Waals surface area (Å²) in [5.74, 6) is 1.19. The molecule has 3 rings (SSSR count). The first kappa shape index (κ1) is 22.2. The molecule has 0 radical (unpaired) electrons. The van der Waals surface area contributed by atoms with Gasteiger partial charge in [-0.1, -0.05) is 41.4 Å². The van der Waals surface area contributed by atoms with Gasteiger partial charge in [-0.05, 0) is 48.0 Å². The third-order valence-corrected chi connectivity index (χ3v) is 5.98. The average molecular weight is 467 g/mol. The van der Waals surface area contributed by atoms with Gasteiger partial charge in [0.2, 0.25) is 10.0 Å². The number of nitrogens with two attached hydrogens (primary N) is 1. The molecule has 0 aliphatic heterocycles. The molecule has 3 N–H and O–H groups in total. The molecule has 0 heterocycles. The Balaban J connectivity index is 1.75. The van der Waals surface area contributed by atoms with E-state index in [1.54, 1.807) is 31.4 Å². The van der Waals surface area contributed by atoms with E-state index < -0.39 is 10.0 Å². The van der Waals surface area contributed by atoms with Crippen LogP contribution in [-0.2, 0) is 23.2 Å². The van der Waals surface area contributed by atoms with E-state index in [9.17, 15) is 8.42 Å². The summed E-state index contributed by atoms with van der Waals surface area (Å²) in [5, 5.41) is 9.31. The number of primary sulfonamides is 1. The average Bonchev–Trinajstić information content (AvgIpc) is 2.72. The van der Waals surface area contributed by atoms with E-state index in [0.717, 1.165) is 16.8 Å². The Morgan fingerprint density at radius 3 is 2.37 bits per heavy atom. The predicted octanol–water partition coefficient (Wildman–Crippen LogP) is 4.84. The van der Waals surface area contributed by atoms with Crippen LogP contribution in [0.2, 0.25) is 10.0 Å². The fraction of sp³-hybridized carbons (Fsp3) is 0.143. The summed E-state index contributed by atoms with van der Waals surface area (Å²) in [6.07, 6.45) is 0. The summed E-state index contributed by atoms with van der Waals surface area (Å²) in [4.78, 5) is 0.0556. The molecule has 3 aromatic carbocycles. The van der Waals surface area contributed by atoms with Crippen molar-refractivity contribution < 1.29 is 17.9 Å². The number of sulfonamides is 1. The van der Waals surface area contributed by atoms with Crippen molar-refractivity contribution in [1.29, 1.82) is 0 Å². The van der Waals surface area contributed by atoms with Crippen LogP contribution in [0, 0.1) is 0 Å². The first-order valence-electron chi connectivity index (χ1n) is 8.87. The van der Waals surface area contributed by atoms with Crippen LogP contribution in [-0.4, -0.2) is 15.5 Å². The van der Waals surface area contributed by atoms with Gasteiger partial charge in [-0.3, -0.25) is 0 Å². The van der Waals surface area contributed by atoms with Crippen LogP contribution < -0.4 is 19.9 Å². The van der Waals surface area contributed by atoms with Crippen molar-refractivity contribution >= 4 is 38.9 Å². The largest absolute Gasteiger partial charge is 0.493 e. The summed E-state index contributed by atoms with van der Waals surface area (Å²) >= 11 is 12.0. The van der Waals surface area contributed by atoms with Gasteiger partial charge in [0.25, 0.3) is 0 Å². The number of ether oxygens (including phenoxy) is 2. The second-order valence-electron chi connectivity index (χ2n) is 6.41. The number of halogens is 2. The molecule has 158 valence electrons. The molecule has 0 spiro atoms. The second-order valence-corrected chi connectivity index (χ2v) is 8.78. The summed E-state index contributed by atoms with van der Waals surface area (Å²) in [6, 6.07) is 17.1. The van der Waals surface area contributed by atoms with Crippen molar-refractivity contribution in [3.63, 3.8) is 0 Å². The van der Waals surface area contributed by atoms with Crippen LogP contribution in [0.4, 0.5) is 5.69 Å². The molecule has 0 aliphatic carbocycles. The van der Waals surface area contributed by atoms with Gasteiger partial charge in [0.1, 0.15) is 6.61 Å². The summed E-state index contributed by atoms with van der Waals surface area (Å²) in [7, 11) is -2.15. The van der Waals surface area contributed by atoms with Crippen LogP contribution in [0.1, 0.15) is 11.1 Å². The Labute approximate surface area is 185 Å². The third kappa shape index (κ3) is 5.58. The number of anilines is 1. The fourth-order valence-corrected chi connectivity index (χ4v) is 3.61. The number of para-hydroxylation sites is 1. The van der Waals surface area contributed by atoms with Crippen molar-refractivity contribution in [2.75, 3.05) is 12.4 Å². The van der Waals surface area contributed by atoms with Crippen molar-refractivity contribution in [3.05, 3.63) is 81.8 Å². The molecule has 30 heavy (non-hydrogen) atoms. The van der Waals surface area contributed by atoms with Gasteiger partial charge in [0.05, 0.1) is 22.1 Å². The summed E-state index contributed by atoms with van der Waals surface area (Å²) in [5.41, 5.74) is 2.47. The van der Waals surface area contributed by atoms with E-state index in [1.807, 2.05) is 24.3 Å². The van der Waals surface area contributed by atoms with E-state index in [2.05, 4.69) is 5.32 Å². The van der Waals surface area contributed by atoms with Crippen molar-refractivity contribution in [2.45, 2.75) is 18.0 Å². The maximum absolute atomic E-state index is 11.4.